The summed E-state index contributed by atoms with van der Waals surface area (Å²) in [6, 6.07) is 3.31. The Morgan fingerprint density at radius 1 is 1.36 bits per heavy atom. The third-order valence-electron chi connectivity index (χ3n) is 1.53. The first-order valence-electron chi connectivity index (χ1n) is 3.29. The molecule has 3 nitrogen and oxygen atoms in total. The zero-order chi connectivity index (χ0) is 7.68. The van der Waals surface area contributed by atoms with Crippen molar-refractivity contribution < 1.29 is 0 Å². The summed E-state index contributed by atoms with van der Waals surface area (Å²) in [6.07, 6.45) is 6.72. The number of fused-ring (bicyclic) bond motifs is 1. The highest BCUT2D eigenvalue weighted by Gasteiger charge is 2.00. The summed E-state index contributed by atoms with van der Waals surface area (Å²) in [7, 11) is 0. The Bertz CT molecular complexity index is 394. The molecule has 0 radical (unpaired) electrons. The average Bonchev–Trinajstić information content (AvgIpc) is 2.25. The first-order valence-corrected chi connectivity index (χ1v) is 3.29. The molecule has 0 unspecified atom stereocenters. The molecule has 0 spiro atoms. The molecule has 11 heavy (non-hydrogen) atoms. The van der Waals surface area contributed by atoms with Crippen LogP contribution in [0.4, 0.5) is 0 Å². The van der Waals surface area contributed by atoms with Gasteiger partial charge in [-0.25, -0.2) is 0 Å². The van der Waals surface area contributed by atoms with Crippen LogP contribution in [-0.4, -0.2) is 9.55 Å². The lowest BCUT2D eigenvalue weighted by molar-refractivity contribution is 1.08. The highest BCUT2D eigenvalue weighted by atomic mass is 16.1. The van der Waals surface area contributed by atoms with Crippen LogP contribution in [0.25, 0.3) is 5.69 Å². The fourth-order valence-corrected chi connectivity index (χ4v) is 0.996. The van der Waals surface area contributed by atoms with E-state index in [4.69, 9.17) is 0 Å². The minimum Gasteiger partial charge on any atom is -0.319 e. The smallest absolute Gasteiger partial charge is 0.205 e. The van der Waals surface area contributed by atoms with Gasteiger partial charge in [-0.1, -0.05) is 0 Å². The molecule has 2 aliphatic rings. The number of nitrogens with zero attached hydrogens (tertiary/aromatic N) is 2. The molecule has 2 aliphatic heterocycles. The molecule has 0 saturated carbocycles. The van der Waals surface area contributed by atoms with E-state index in [0.29, 0.717) is 5.69 Å². The van der Waals surface area contributed by atoms with E-state index in [-0.39, 0.29) is 5.43 Å². The van der Waals surface area contributed by atoms with Gasteiger partial charge in [0.25, 0.3) is 0 Å². The molecule has 0 amide bonds. The van der Waals surface area contributed by atoms with Gasteiger partial charge in [0.05, 0.1) is 6.20 Å². The van der Waals surface area contributed by atoms with Crippen molar-refractivity contribution in [1.29, 1.82) is 0 Å². The van der Waals surface area contributed by atoms with Crippen molar-refractivity contribution in [3.05, 3.63) is 47.1 Å². The largest absolute Gasteiger partial charge is 0.319 e. The van der Waals surface area contributed by atoms with Gasteiger partial charge in [0.15, 0.2) is 0 Å². The fourth-order valence-electron chi connectivity index (χ4n) is 0.996. The highest BCUT2D eigenvalue weighted by molar-refractivity contribution is 5.30. The van der Waals surface area contributed by atoms with E-state index >= 15 is 0 Å². The molecule has 54 valence electrons. The molecule has 0 aromatic heterocycles. The van der Waals surface area contributed by atoms with Crippen LogP contribution in [0, 0.1) is 0 Å². The van der Waals surface area contributed by atoms with Crippen LogP contribution >= 0.6 is 0 Å². The van der Waals surface area contributed by atoms with Crippen molar-refractivity contribution in [2.45, 2.75) is 0 Å². The lowest BCUT2D eigenvalue weighted by Gasteiger charge is -1.91. The predicted octanol–water partition coefficient (Wildman–Crippen LogP) is 0.670. The first kappa shape index (κ1) is 6.09. The maximum absolute atomic E-state index is 11.1. The monoisotopic (exact) mass is 146 g/mol. The predicted molar refractivity (Wildman–Crippen MR) is 41.0 cm³/mol. The van der Waals surface area contributed by atoms with Crippen molar-refractivity contribution in [1.82, 2.24) is 9.55 Å². The maximum Gasteiger partial charge on any atom is 0.205 e. The van der Waals surface area contributed by atoms with Gasteiger partial charge in [0.1, 0.15) is 5.69 Å². The van der Waals surface area contributed by atoms with Gasteiger partial charge in [-0.05, 0) is 6.07 Å². The van der Waals surface area contributed by atoms with Crippen LogP contribution in [-0.2, 0) is 0 Å². The van der Waals surface area contributed by atoms with E-state index in [9.17, 15) is 4.79 Å². The maximum atomic E-state index is 11.1. The molecule has 0 saturated heterocycles. The quantitative estimate of drug-likeness (QED) is 0.547. The van der Waals surface area contributed by atoms with Crippen molar-refractivity contribution in [3.8, 4) is 5.69 Å². The Kier molecular flexibility index (Phi) is 1.22. The molecule has 0 aromatic carbocycles. The molecule has 2 heterocycles. The Hall–Kier alpha value is -1.64. The van der Waals surface area contributed by atoms with E-state index < -0.39 is 0 Å². The first-order chi connectivity index (χ1) is 5.38. The molecule has 0 N–H and O–H groups in total. The van der Waals surface area contributed by atoms with Crippen molar-refractivity contribution >= 4 is 0 Å². The van der Waals surface area contributed by atoms with E-state index in [1.807, 2.05) is 0 Å². The summed E-state index contributed by atoms with van der Waals surface area (Å²) < 4.78 is 1.75. The second kappa shape index (κ2) is 2.20. The van der Waals surface area contributed by atoms with Crippen molar-refractivity contribution in [2.24, 2.45) is 0 Å². The summed E-state index contributed by atoms with van der Waals surface area (Å²) in [5, 5.41) is 0. The molecular weight excluding hydrogens is 140 g/mol. The van der Waals surface area contributed by atoms with Crippen LogP contribution in [0.2, 0.25) is 0 Å². The minimum absolute atomic E-state index is 0.00806. The van der Waals surface area contributed by atoms with Crippen LogP contribution in [0.3, 0.4) is 0 Å². The third kappa shape index (κ3) is 0.902. The Morgan fingerprint density at radius 2 is 2.27 bits per heavy atom. The van der Waals surface area contributed by atoms with Gasteiger partial charge in [-0.2, -0.15) is 0 Å². The van der Waals surface area contributed by atoms with E-state index in [2.05, 4.69) is 4.98 Å². The van der Waals surface area contributed by atoms with Crippen LogP contribution in [0.5, 0.6) is 0 Å². The molecule has 2 rings (SSSR count). The second-order valence-corrected chi connectivity index (χ2v) is 2.24. The second-order valence-electron chi connectivity index (χ2n) is 2.24. The molecule has 0 aliphatic carbocycles. The number of hydrogen-bond donors (Lipinski definition) is 0. The molecular formula is C8H6N2O. The van der Waals surface area contributed by atoms with Gasteiger partial charge in [-0.3, -0.25) is 9.78 Å². The Labute approximate surface area is 63.3 Å². The van der Waals surface area contributed by atoms with E-state index in [1.54, 1.807) is 35.4 Å². The molecule has 0 fully saturated rings. The van der Waals surface area contributed by atoms with E-state index in [1.165, 1.54) is 6.07 Å². The van der Waals surface area contributed by atoms with Crippen LogP contribution < -0.4 is 5.43 Å². The number of rotatable bonds is 0. The Balaban J connectivity index is 2.86. The SMILES string of the molecule is O=c1ccn2cccncc1-2. The van der Waals surface area contributed by atoms with E-state index in [0.717, 1.165) is 0 Å². The third-order valence-corrected chi connectivity index (χ3v) is 1.53. The lowest BCUT2D eigenvalue weighted by atomic mass is 10.5. The standard InChI is InChI=1S/C8H6N2O/c11-8-2-5-10-4-1-3-9-6-7(8)10/h1-6H. The Morgan fingerprint density at radius 3 is 3.18 bits per heavy atom. The van der Waals surface area contributed by atoms with Crippen molar-refractivity contribution in [2.75, 3.05) is 0 Å². The van der Waals surface area contributed by atoms with Gasteiger partial charge in [-0.15, -0.1) is 0 Å². The summed E-state index contributed by atoms with van der Waals surface area (Å²) in [6.45, 7) is 0. The lowest BCUT2D eigenvalue weighted by Crippen LogP contribution is -1.99. The van der Waals surface area contributed by atoms with Crippen LogP contribution in [0.15, 0.2) is 41.7 Å². The normalized spacial score (nSPS) is 10.2. The minimum atomic E-state index is 0.00806. The molecule has 0 aromatic rings. The van der Waals surface area contributed by atoms with Crippen molar-refractivity contribution in [3.63, 3.8) is 0 Å². The van der Waals surface area contributed by atoms with Gasteiger partial charge in [0.2, 0.25) is 5.43 Å². The number of hydrogen-bond acceptors (Lipinski definition) is 2. The van der Waals surface area contributed by atoms with Gasteiger partial charge < -0.3 is 4.57 Å². The zero-order valence-corrected chi connectivity index (χ0v) is 5.77. The summed E-state index contributed by atoms with van der Waals surface area (Å²) >= 11 is 0. The van der Waals surface area contributed by atoms with Crippen LogP contribution in [0.1, 0.15) is 0 Å². The topological polar surface area (TPSA) is 34.9 Å². The summed E-state index contributed by atoms with van der Waals surface area (Å²) in [5.41, 5.74) is 0.615. The van der Waals surface area contributed by atoms with Gasteiger partial charge >= 0.3 is 0 Å². The molecule has 3 heteroatoms. The molecule has 0 bridgehead atoms. The summed E-state index contributed by atoms with van der Waals surface area (Å²) in [4.78, 5) is 14.9. The highest BCUT2D eigenvalue weighted by Crippen LogP contribution is 1.99. The molecule has 0 atom stereocenters. The fraction of sp³-hybridized carbons (Fsp3) is 0. The zero-order valence-electron chi connectivity index (χ0n) is 5.77. The summed E-state index contributed by atoms with van der Waals surface area (Å²) in [5.74, 6) is 0. The van der Waals surface area contributed by atoms with Gasteiger partial charge in [0, 0.05) is 24.7 Å². The average molecular weight is 146 g/mol. The number of aromatic nitrogens is 2.